The first-order valence-electron chi connectivity index (χ1n) is 45.2. The molecule has 6 amide bonds. The van der Waals surface area contributed by atoms with Crippen molar-refractivity contribution in [1.82, 2.24) is 31.9 Å². The van der Waals surface area contributed by atoms with Crippen LogP contribution in [0.1, 0.15) is 424 Å². The van der Waals surface area contributed by atoms with Gasteiger partial charge in [0.25, 0.3) is 0 Å². The molecule has 104 heavy (non-hydrogen) atoms. The molecule has 0 radical (unpaired) electrons. The molecule has 4 atom stereocenters. The Balaban J connectivity index is 1.67. The van der Waals surface area contributed by atoms with Crippen LogP contribution in [0.15, 0.2) is 60.7 Å². The van der Waals surface area contributed by atoms with Gasteiger partial charge in [0.1, 0.15) is 13.2 Å². The van der Waals surface area contributed by atoms with Crippen LogP contribution in [0.3, 0.4) is 0 Å². The van der Waals surface area contributed by atoms with Crippen LogP contribution in [-0.4, -0.2) is 63.5 Å². The molecule has 4 unspecified atom stereocenters. The van der Waals surface area contributed by atoms with Crippen LogP contribution in [0.5, 0.6) is 0 Å². The third kappa shape index (κ3) is 62.5. The van der Waals surface area contributed by atoms with Crippen LogP contribution in [-0.2, 0) is 22.7 Å². The number of unbranched alkanes of at least 4 members (excludes halogenated alkanes) is 44. The molecule has 2 aromatic rings. The van der Waals surface area contributed by atoms with E-state index < -0.39 is 0 Å². The maximum absolute atomic E-state index is 12.6. The maximum atomic E-state index is 12.6. The molecule has 2 rings (SSSR count). The minimum absolute atomic E-state index is 0.151. The highest BCUT2D eigenvalue weighted by molar-refractivity contribution is 5.75. The van der Waals surface area contributed by atoms with E-state index in [9.17, 15) is 19.2 Å². The highest BCUT2D eigenvalue weighted by atomic mass is 16.6. The Labute approximate surface area is 642 Å². The van der Waals surface area contributed by atoms with Crippen molar-refractivity contribution < 1.29 is 28.7 Å². The van der Waals surface area contributed by atoms with Gasteiger partial charge >= 0.3 is 24.2 Å². The lowest BCUT2D eigenvalue weighted by molar-refractivity contribution is 0.138. The minimum atomic E-state index is -0.319. The van der Waals surface area contributed by atoms with Gasteiger partial charge in [-0.05, 0) is 60.5 Å². The summed E-state index contributed by atoms with van der Waals surface area (Å²) in [6.45, 7) is 13.4. The van der Waals surface area contributed by atoms with Crippen molar-refractivity contribution in [3.63, 3.8) is 0 Å². The average Bonchev–Trinajstić information content (AvgIpc) is 0.961. The number of carbonyl (C=O) groups is 4. The second-order valence-corrected chi connectivity index (χ2v) is 31.7. The number of hydrogen-bond donors (Lipinski definition) is 6. The predicted octanol–water partition coefficient (Wildman–Crippen LogP) is 27.4. The van der Waals surface area contributed by atoms with Crippen molar-refractivity contribution in [3.05, 3.63) is 71.8 Å². The fourth-order valence-electron chi connectivity index (χ4n) is 15.7. The summed E-state index contributed by atoms with van der Waals surface area (Å²) in [6.07, 6.45) is 78.7. The van der Waals surface area contributed by atoms with Crippen molar-refractivity contribution in [2.24, 2.45) is 23.7 Å². The molecule has 0 fully saturated rings. The highest BCUT2D eigenvalue weighted by Crippen LogP contribution is 2.36. The first kappa shape index (κ1) is 95.6. The smallest absolute Gasteiger partial charge is 0.407 e. The lowest BCUT2D eigenvalue weighted by Gasteiger charge is -2.28. The average molecular weight is 1450 g/mol. The number of alkyl carbamates (subject to hydrolysis) is 2. The molecule has 12 heteroatoms. The molecule has 0 aromatic heterocycles. The molecule has 0 heterocycles. The van der Waals surface area contributed by atoms with Gasteiger partial charge < -0.3 is 41.4 Å². The van der Waals surface area contributed by atoms with Crippen molar-refractivity contribution in [3.8, 4) is 0 Å². The first-order valence-corrected chi connectivity index (χ1v) is 45.2. The zero-order valence-electron chi connectivity index (χ0n) is 68.6. The number of nitrogens with one attached hydrogen (secondary N) is 6. The Bertz CT molecular complexity index is 2000. The third-order valence-electron chi connectivity index (χ3n) is 22.3. The predicted molar refractivity (Wildman–Crippen MR) is 446 cm³/mol. The monoisotopic (exact) mass is 1450 g/mol. The molecule has 0 aliphatic heterocycles. The van der Waals surface area contributed by atoms with Crippen LogP contribution < -0.4 is 31.9 Å². The Morgan fingerprint density at radius 2 is 0.413 bits per heavy atom. The van der Waals surface area contributed by atoms with E-state index in [1.54, 1.807) is 0 Å². The molecular weight excluding hydrogens is 1290 g/mol. The summed E-state index contributed by atoms with van der Waals surface area (Å²) in [5.41, 5.74) is 2.02. The van der Waals surface area contributed by atoms with Crippen LogP contribution in [0.2, 0.25) is 0 Å². The van der Waals surface area contributed by atoms with Crippen LogP contribution in [0.25, 0.3) is 0 Å². The summed E-state index contributed by atoms with van der Waals surface area (Å²) in [5, 5.41) is 17.8. The number of amides is 6. The van der Waals surface area contributed by atoms with Gasteiger partial charge in [-0.25, -0.2) is 19.2 Å². The fraction of sp³-hybridized carbons (Fsp3) is 0.826. The van der Waals surface area contributed by atoms with Gasteiger partial charge in [-0.3, -0.25) is 0 Å². The van der Waals surface area contributed by atoms with E-state index in [0.717, 1.165) is 86.2 Å². The molecule has 0 bridgehead atoms. The largest absolute Gasteiger partial charge is 0.445 e. The lowest BCUT2D eigenvalue weighted by Crippen LogP contribution is -2.43. The Hall–Kier alpha value is -4.48. The third-order valence-corrected chi connectivity index (χ3v) is 22.3. The normalized spacial score (nSPS) is 12.5. The van der Waals surface area contributed by atoms with Gasteiger partial charge in [0.05, 0.1) is 0 Å². The number of benzene rings is 2. The van der Waals surface area contributed by atoms with Gasteiger partial charge in [0.15, 0.2) is 0 Å². The number of ether oxygens (including phenoxy) is 2. The van der Waals surface area contributed by atoms with E-state index in [1.807, 2.05) is 60.7 Å². The molecule has 602 valence electrons. The number of rotatable bonds is 77. The van der Waals surface area contributed by atoms with Crippen molar-refractivity contribution in [2.45, 2.75) is 426 Å². The van der Waals surface area contributed by atoms with E-state index >= 15 is 0 Å². The summed E-state index contributed by atoms with van der Waals surface area (Å²) in [7, 11) is 0. The van der Waals surface area contributed by atoms with E-state index in [1.165, 1.54) is 334 Å². The van der Waals surface area contributed by atoms with Gasteiger partial charge in [-0.2, -0.15) is 0 Å². The Morgan fingerprint density at radius 1 is 0.231 bits per heavy atom. The SMILES string of the molecule is CCCCCCCCCC(CCCCCCCCNC(=O)NCCNC(=O)NCCCCCCCCC(CCCCCCCCC)C(CCCCCCCCC)CCCCCCCCNC(=O)OCc1ccccc1)C(CCCCCCCCC)CCCCCCCCNC(=O)OCc1ccccc1. The molecule has 0 spiro atoms. The summed E-state index contributed by atoms with van der Waals surface area (Å²) in [4.78, 5) is 49.6. The highest BCUT2D eigenvalue weighted by Gasteiger charge is 2.23. The lowest BCUT2D eigenvalue weighted by atomic mass is 9.78. The van der Waals surface area contributed by atoms with E-state index in [-0.39, 0.29) is 24.2 Å². The van der Waals surface area contributed by atoms with E-state index in [4.69, 9.17) is 9.47 Å². The summed E-state index contributed by atoms with van der Waals surface area (Å²) in [5.74, 6) is 3.43. The Kier molecular flexibility index (Phi) is 69.3. The van der Waals surface area contributed by atoms with Crippen molar-refractivity contribution >= 4 is 24.2 Å². The molecule has 2 aromatic carbocycles. The summed E-state index contributed by atoms with van der Waals surface area (Å²) in [6, 6.07) is 19.4. The van der Waals surface area contributed by atoms with Crippen LogP contribution in [0, 0.1) is 23.7 Å². The zero-order valence-corrected chi connectivity index (χ0v) is 68.6. The van der Waals surface area contributed by atoms with Crippen molar-refractivity contribution in [1.29, 1.82) is 0 Å². The zero-order chi connectivity index (χ0) is 74.6. The second kappa shape index (κ2) is 75.3. The van der Waals surface area contributed by atoms with Gasteiger partial charge in [0.2, 0.25) is 0 Å². The van der Waals surface area contributed by atoms with Crippen LogP contribution >= 0.6 is 0 Å². The topological polar surface area (TPSA) is 159 Å². The number of hydrogen-bond acceptors (Lipinski definition) is 6. The minimum Gasteiger partial charge on any atom is -0.445 e. The Morgan fingerprint density at radius 3 is 0.635 bits per heavy atom. The molecule has 0 aliphatic rings. The first-order chi connectivity index (χ1) is 51.3. The fourth-order valence-corrected chi connectivity index (χ4v) is 15.7. The molecule has 0 saturated carbocycles. The molecule has 0 saturated heterocycles. The molecular formula is C92H168N6O6. The summed E-state index contributed by atoms with van der Waals surface area (Å²) >= 11 is 0. The molecule has 12 nitrogen and oxygen atoms in total. The van der Waals surface area contributed by atoms with Gasteiger partial charge in [-0.15, -0.1) is 0 Å². The quantitative estimate of drug-likeness (QED) is 0.0362. The number of carbonyl (C=O) groups excluding carboxylic acids is 4. The molecule has 0 aliphatic carbocycles. The number of urea groups is 2. The maximum Gasteiger partial charge on any atom is 0.407 e. The van der Waals surface area contributed by atoms with E-state index in [0.29, 0.717) is 52.5 Å². The van der Waals surface area contributed by atoms with Gasteiger partial charge in [-0.1, -0.05) is 448 Å². The van der Waals surface area contributed by atoms with Crippen molar-refractivity contribution in [2.75, 3.05) is 39.3 Å². The van der Waals surface area contributed by atoms with Gasteiger partial charge in [0, 0.05) is 39.3 Å². The standard InChI is InChI=1S/C92H168N6O6/c1-5-9-13-17-21-33-51-67-85(87(69-53-35-23-19-15-11-7-3)73-57-39-27-31-43-61-77-97-91(101)103-81-83-63-47-45-48-64-83)71-55-37-25-29-41-59-75-93-89(99)95-79-80-96-90(100)94-76-60-42-30-26-38-56-72-86(68-52-34-22-18-14-10-6-2)88(70-54-36-24-20-16-12-8-4)74-58-40-28-32-44-62-78-98-92(102)104-82-84-65-49-46-50-66-84/h45-50,63-66,85-88H,5-44,51-62,67-82H2,1-4H3,(H,97,101)(H,98,102)(H2,93,95,99)(H2,94,96,100). The molecule has 6 N–H and O–H groups in total. The second-order valence-electron chi connectivity index (χ2n) is 31.7. The summed E-state index contributed by atoms with van der Waals surface area (Å²) < 4.78 is 10.8. The van der Waals surface area contributed by atoms with E-state index in [2.05, 4.69) is 59.6 Å². The van der Waals surface area contributed by atoms with Crippen LogP contribution in [0.4, 0.5) is 19.2 Å².